The summed E-state index contributed by atoms with van der Waals surface area (Å²) < 4.78 is 47.0. The van der Waals surface area contributed by atoms with Gasteiger partial charge in [-0.25, -0.2) is 14.5 Å². The number of carbonyl (C=O) groups excluding carboxylic acids is 1. The Balaban J connectivity index is 2.04. The van der Waals surface area contributed by atoms with Crippen LogP contribution in [0.2, 0.25) is 5.02 Å². The van der Waals surface area contributed by atoms with Crippen LogP contribution in [0.4, 0.5) is 13.2 Å². The van der Waals surface area contributed by atoms with Crippen molar-refractivity contribution < 1.29 is 27.4 Å². The number of carbonyl (C=O) groups is 1. The van der Waals surface area contributed by atoms with Crippen LogP contribution in [0.25, 0.3) is 16.7 Å². The number of ether oxygens (including phenoxy) is 2. The van der Waals surface area contributed by atoms with Crippen LogP contribution in [-0.2, 0) is 4.74 Å². The van der Waals surface area contributed by atoms with Gasteiger partial charge >= 0.3 is 12.3 Å². The van der Waals surface area contributed by atoms with Gasteiger partial charge in [0.25, 0.3) is 0 Å². The van der Waals surface area contributed by atoms with Crippen LogP contribution >= 0.6 is 11.6 Å². The number of aromatic nitrogens is 3. The largest absolute Gasteiger partial charge is 0.573 e. The van der Waals surface area contributed by atoms with E-state index in [-0.39, 0.29) is 22.9 Å². The summed E-state index contributed by atoms with van der Waals surface area (Å²) in [6.45, 7) is 3.55. The van der Waals surface area contributed by atoms with E-state index in [1.165, 1.54) is 35.1 Å². The molecule has 0 aliphatic carbocycles. The van der Waals surface area contributed by atoms with Gasteiger partial charge in [0.05, 0.1) is 34.0 Å². The zero-order chi connectivity index (χ0) is 19.8. The first-order chi connectivity index (χ1) is 12.7. The van der Waals surface area contributed by atoms with Crippen molar-refractivity contribution in [1.82, 2.24) is 14.8 Å². The zero-order valence-electron chi connectivity index (χ0n) is 14.2. The van der Waals surface area contributed by atoms with Gasteiger partial charge in [0.1, 0.15) is 5.75 Å². The molecular formula is C17H13ClF3N3O3. The summed E-state index contributed by atoms with van der Waals surface area (Å²) in [5, 5.41) is 4.93. The molecule has 0 radical (unpaired) electrons. The van der Waals surface area contributed by atoms with Crippen LogP contribution in [0.3, 0.4) is 0 Å². The zero-order valence-corrected chi connectivity index (χ0v) is 14.9. The number of fused-ring (bicyclic) bond motifs is 1. The third-order valence-electron chi connectivity index (χ3n) is 3.62. The molecule has 2 aromatic heterocycles. The summed E-state index contributed by atoms with van der Waals surface area (Å²) in [5.41, 5.74) is 1.43. The maximum atomic E-state index is 12.3. The number of esters is 1. The van der Waals surface area contributed by atoms with Gasteiger partial charge < -0.3 is 9.47 Å². The summed E-state index contributed by atoms with van der Waals surface area (Å²) in [4.78, 5) is 16.2. The Morgan fingerprint density at radius 2 is 1.93 bits per heavy atom. The van der Waals surface area contributed by atoms with Crippen LogP contribution in [0.1, 0.15) is 23.0 Å². The highest BCUT2D eigenvalue weighted by Crippen LogP contribution is 2.31. The van der Waals surface area contributed by atoms with Gasteiger partial charge in [-0.1, -0.05) is 11.6 Å². The molecule has 0 fully saturated rings. The molecule has 0 N–H and O–H groups in total. The maximum Gasteiger partial charge on any atom is 0.573 e. The van der Waals surface area contributed by atoms with Crippen LogP contribution in [0, 0.1) is 6.92 Å². The lowest BCUT2D eigenvalue weighted by molar-refractivity contribution is -0.274. The first-order valence-electron chi connectivity index (χ1n) is 7.78. The van der Waals surface area contributed by atoms with Gasteiger partial charge in [-0.15, -0.1) is 13.2 Å². The van der Waals surface area contributed by atoms with Crippen molar-refractivity contribution in [1.29, 1.82) is 0 Å². The van der Waals surface area contributed by atoms with Crippen molar-refractivity contribution in [3.8, 4) is 11.4 Å². The Hall–Kier alpha value is -2.81. The van der Waals surface area contributed by atoms with E-state index in [0.29, 0.717) is 22.4 Å². The van der Waals surface area contributed by atoms with Crippen molar-refractivity contribution in [3.05, 3.63) is 46.7 Å². The van der Waals surface area contributed by atoms with E-state index in [1.807, 2.05) is 0 Å². The van der Waals surface area contributed by atoms with E-state index in [1.54, 1.807) is 13.8 Å². The predicted octanol–water partition coefficient (Wildman–Crippen LogP) is 4.46. The molecule has 0 atom stereocenters. The van der Waals surface area contributed by atoms with E-state index in [9.17, 15) is 18.0 Å². The average Bonchev–Trinajstić information content (AvgIpc) is 2.92. The average molecular weight is 400 g/mol. The van der Waals surface area contributed by atoms with Crippen LogP contribution < -0.4 is 4.74 Å². The molecule has 142 valence electrons. The number of alkyl halides is 3. The number of aryl methyl sites for hydroxylation is 1. The van der Waals surface area contributed by atoms with E-state index < -0.39 is 12.3 Å². The van der Waals surface area contributed by atoms with E-state index in [0.717, 1.165) is 0 Å². The van der Waals surface area contributed by atoms with Gasteiger partial charge in [0, 0.05) is 6.20 Å². The third-order valence-corrected chi connectivity index (χ3v) is 4.01. The number of hydrogen-bond donors (Lipinski definition) is 0. The van der Waals surface area contributed by atoms with Crippen molar-refractivity contribution in [3.63, 3.8) is 0 Å². The predicted molar refractivity (Wildman–Crippen MR) is 91.3 cm³/mol. The van der Waals surface area contributed by atoms with Gasteiger partial charge in [-0.3, -0.25) is 0 Å². The second kappa shape index (κ2) is 7.07. The highest BCUT2D eigenvalue weighted by molar-refractivity contribution is 6.38. The molecule has 0 spiro atoms. The van der Waals surface area contributed by atoms with E-state index >= 15 is 0 Å². The van der Waals surface area contributed by atoms with Gasteiger partial charge in [-0.05, 0) is 38.1 Å². The topological polar surface area (TPSA) is 66.2 Å². The molecule has 0 unspecified atom stereocenters. The van der Waals surface area contributed by atoms with Crippen LogP contribution in [-0.4, -0.2) is 33.7 Å². The minimum absolute atomic E-state index is 0.114. The summed E-state index contributed by atoms with van der Waals surface area (Å²) in [5.74, 6) is -0.951. The number of benzene rings is 1. The van der Waals surface area contributed by atoms with Crippen molar-refractivity contribution in [2.45, 2.75) is 20.2 Å². The van der Waals surface area contributed by atoms with E-state index in [4.69, 9.17) is 16.3 Å². The molecule has 10 heteroatoms. The molecule has 3 rings (SSSR count). The SMILES string of the molecule is CCOC(=O)c1cnc2c(c(C)nn2-c2ccc(OC(F)(F)F)cc2)c1Cl. The Labute approximate surface area is 156 Å². The molecular weight excluding hydrogens is 387 g/mol. The molecule has 0 bridgehead atoms. The summed E-state index contributed by atoms with van der Waals surface area (Å²) in [6.07, 6.45) is -3.49. The summed E-state index contributed by atoms with van der Waals surface area (Å²) in [7, 11) is 0. The Bertz CT molecular complexity index is 1000. The molecule has 27 heavy (non-hydrogen) atoms. The molecule has 2 heterocycles. The third kappa shape index (κ3) is 3.82. The Kier molecular flexibility index (Phi) is 4.97. The number of pyridine rings is 1. The van der Waals surface area contributed by atoms with Crippen molar-refractivity contribution in [2.24, 2.45) is 0 Å². The van der Waals surface area contributed by atoms with Crippen LogP contribution in [0.5, 0.6) is 5.75 Å². The van der Waals surface area contributed by atoms with Crippen molar-refractivity contribution >= 4 is 28.6 Å². The lowest BCUT2D eigenvalue weighted by Crippen LogP contribution is -2.17. The molecule has 3 aromatic rings. The number of nitrogens with zero attached hydrogens (tertiary/aromatic N) is 3. The fraction of sp³-hybridized carbons (Fsp3) is 0.235. The van der Waals surface area contributed by atoms with Gasteiger partial charge in [0.15, 0.2) is 5.65 Å². The monoisotopic (exact) mass is 399 g/mol. The second-order valence-electron chi connectivity index (χ2n) is 5.44. The fourth-order valence-corrected chi connectivity index (χ4v) is 2.88. The fourth-order valence-electron chi connectivity index (χ4n) is 2.53. The minimum Gasteiger partial charge on any atom is -0.462 e. The smallest absolute Gasteiger partial charge is 0.462 e. The Morgan fingerprint density at radius 3 is 2.52 bits per heavy atom. The minimum atomic E-state index is -4.77. The van der Waals surface area contributed by atoms with Gasteiger partial charge in [-0.2, -0.15) is 5.10 Å². The molecule has 0 saturated carbocycles. The lowest BCUT2D eigenvalue weighted by Gasteiger charge is -2.09. The highest BCUT2D eigenvalue weighted by atomic mass is 35.5. The maximum absolute atomic E-state index is 12.3. The number of hydrogen-bond acceptors (Lipinski definition) is 5. The molecule has 0 amide bonds. The number of halogens is 4. The summed E-state index contributed by atoms with van der Waals surface area (Å²) in [6, 6.07) is 5.14. The molecule has 0 aliphatic heterocycles. The first-order valence-corrected chi connectivity index (χ1v) is 8.16. The van der Waals surface area contributed by atoms with Crippen LogP contribution in [0.15, 0.2) is 30.5 Å². The molecule has 6 nitrogen and oxygen atoms in total. The lowest BCUT2D eigenvalue weighted by atomic mass is 10.2. The summed E-state index contributed by atoms with van der Waals surface area (Å²) >= 11 is 6.34. The highest BCUT2D eigenvalue weighted by Gasteiger charge is 2.31. The normalized spacial score (nSPS) is 11.6. The molecule has 0 aliphatic rings. The number of rotatable bonds is 4. The van der Waals surface area contributed by atoms with E-state index in [2.05, 4.69) is 14.8 Å². The standard InChI is InChI=1S/C17H13ClF3N3O3/c1-3-26-16(25)12-8-22-15-13(14(12)18)9(2)23-24(15)10-4-6-11(7-5-10)27-17(19,20)21/h4-8H,3H2,1-2H3. The van der Waals surface area contributed by atoms with Gasteiger partial charge in [0.2, 0.25) is 0 Å². The Morgan fingerprint density at radius 1 is 1.26 bits per heavy atom. The molecule has 1 aromatic carbocycles. The second-order valence-corrected chi connectivity index (χ2v) is 5.82. The van der Waals surface area contributed by atoms with Crippen molar-refractivity contribution in [2.75, 3.05) is 6.61 Å². The first kappa shape index (κ1) is 19.0. The quantitative estimate of drug-likeness (QED) is 0.606. The molecule has 0 saturated heterocycles.